The summed E-state index contributed by atoms with van der Waals surface area (Å²) in [6.07, 6.45) is 2.11. The van der Waals surface area contributed by atoms with Crippen LogP contribution in [0.2, 0.25) is 0 Å². The molecule has 1 aliphatic rings. The number of aryl methyl sites for hydroxylation is 1. The van der Waals surface area contributed by atoms with Gasteiger partial charge in [-0.25, -0.2) is 9.78 Å². The van der Waals surface area contributed by atoms with Crippen molar-refractivity contribution in [3.8, 4) is 5.75 Å². The summed E-state index contributed by atoms with van der Waals surface area (Å²) in [7, 11) is 1.31. The summed E-state index contributed by atoms with van der Waals surface area (Å²) in [6.45, 7) is 3.71. The third-order valence-corrected chi connectivity index (χ3v) is 5.72. The van der Waals surface area contributed by atoms with Gasteiger partial charge >= 0.3 is 5.97 Å². The normalized spacial score (nSPS) is 14.1. The number of rotatable bonds is 6. The molecule has 2 aromatic rings. The summed E-state index contributed by atoms with van der Waals surface area (Å²) in [5.41, 5.74) is 1.42. The maximum absolute atomic E-state index is 12.6. The number of hydrogen-bond acceptors (Lipinski definition) is 7. The van der Waals surface area contributed by atoms with Crippen LogP contribution in [0.5, 0.6) is 5.75 Å². The van der Waals surface area contributed by atoms with Crippen molar-refractivity contribution in [2.75, 3.05) is 32.1 Å². The number of thiazole rings is 1. The summed E-state index contributed by atoms with van der Waals surface area (Å²) in [5, 5.41) is 7.28. The van der Waals surface area contributed by atoms with E-state index in [1.54, 1.807) is 24.3 Å². The van der Waals surface area contributed by atoms with E-state index in [4.69, 9.17) is 4.74 Å². The highest BCUT2D eigenvalue weighted by Crippen LogP contribution is 2.31. The van der Waals surface area contributed by atoms with Gasteiger partial charge in [-0.2, -0.15) is 0 Å². The molecular weight excluding hydrogens is 446 g/mol. The van der Waals surface area contributed by atoms with E-state index < -0.39 is 5.97 Å². The molecule has 3 rings (SSSR count). The molecule has 0 unspecified atom stereocenters. The number of carbonyl (C=O) groups excluding carboxylic acids is 2. The second-order valence-corrected chi connectivity index (χ2v) is 7.36. The van der Waals surface area contributed by atoms with Gasteiger partial charge in [-0.3, -0.25) is 4.79 Å². The van der Waals surface area contributed by atoms with Crippen LogP contribution in [0.15, 0.2) is 24.3 Å². The number of carbonyl (C=O) groups is 2. The molecule has 0 bridgehead atoms. The second kappa shape index (κ2) is 10.5. The lowest BCUT2D eigenvalue weighted by Crippen LogP contribution is -2.26. The highest BCUT2D eigenvalue weighted by atomic mass is 79.9. The molecule has 1 aliphatic heterocycles. The Labute approximate surface area is 178 Å². The Bertz CT molecular complexity index is 804. The van der Waals surface area contributed by atoms with Crippen molar-refractivity contribution >= 4 is 45.9 Å². The van der Waals surface area contributed by atoms with Gasteiger partial charge in [-0.15, -0.1) is 28.3 Å². The molecule has 9 heteroatoms. The van der Waals surface area contributed by atoms with Gasteiger partial charge in [-0.05, 0) is 57.1 Å². The summed E-state index contributed by atoms with van der Waals surface area (Å²) in [4.78, 5) is 29.0. The Morgan fingerprint density at radius 2 is 1.93 bits per heavy atom. The number of benzene rings is 1. The van der Waals surface area contributed by atoms with Crippen LogP contribution in [0.4, 0.5) is 5.69 Å². The zero-order valence-electron chi connectivity index (χ0n) is 15.8. The van der Waals surface area contributed by atoms with Crippen molar-refractivity contribution in [2.45, 2.75) is 25.7 Å². The van der Waals surface area contributed by atoms with Crippen LogP contribution < -0.4 is 15.4 Å². The molecule has 1 aromatic carbocycles. The molecule has 7 nitrogen and oxygen atoms in total. The van der Waals surface area contributed by atoms with E-state index in [1.807, 2.05) is 6.92 Å². The zero-order valence-corrected chi connectivity index (χ0v) is 18.3. The topological polar surface area (TPSA) is 89.5 Å². The Hall–Kier alpha value is -1.97. The molecular formula is C19H24BrN3O4S. The van der Waals surface area contributed by atoms with Crippen LogP contribution in [0.1, 0.15) is 39.1 Å². The van der Waals surface area contributed by atoms with Crippen molar-refractivity contribution in [1.29, 1.82) is 0 Å². The van der Waals surface area contributed by atoms with Crippen LogP contribution >= 0.6 is 28.3 Å². The van der Waals surface area contributed by atoms with Crippen molar-refractivity contribution in [1.82, 2.24) is 10.3 Å². The summed E-state index contributed by atoms with van der Waals surface area (Å²) >= 11 is 1.48. The van der Waals surface area contributed by atoms with Crippen LogP contribution in [-0.2, 0) is 9.53 Å². The SMILES string of the molecule is Br.COC(=O)COc1ccc(NC(=O)c2sc(C3CCNCC3)nc2C)cc1. The van der Waals surface area contributed by atoms with Gasteiger partial charge in [-0.1, -0.05) is 0 Å². The van der Waals surface area contributed by atoms with E-state index >= 15 is 0 Å². The summed E-state index contributed by atoms with van der Waals surface area (Å²) in [6, 6.07) is 6.85. The van der Waals surface area contributed by atoms with Crippen molar-refractivity contribution in [3.05, 3.63) is 39.8 Å². The van der Waals surface area contributed by atoms with Gasteiger partial charge in [0.2, 0.25) is 0 Å². The molecule has 0 atom stereocenters. The molecule has 0 aliphatic carbocycles. The fourth-order valence-electron chi connectivity index (χ4n) is 2.89. The zero-order chi connectivity index (χ0) is 19.2. The van der Waals surface area contributed by atoms with E-state index in [-0.39, 0.29) is 29.5 Å². The number of nitrogens with zero attached hydrogens (tertiary/aromatic N) is 1. The Morgan fingerprint density at radius 3 is 2.57 bits per heavy atom. The number of nitrogens with one attached hydrogen (secondary N) is 2. The van der Waals surface area contributed by atoms with Crippen LogP contribution in [0.25, 0.3) is 0 Å². The molecule has 28 heavy (non-hydrogen) atoms. The fourth-order valence-corrected chi connectivity index (χ4v) is 4.03. The number of esters is 1. The number of halogens is 1. The number of anilines is 1. The summed E-state index contributed by atoms with van der Waals surface area (Å²) < 4.78 is 9.82. The largest absolute Gasteiger partial charge is 0.482 e. The van der Waals surface area contributed by atoms with E-state index in [0.29, 0.717) is 22.2 Å². The van der Waals surface area contributed by atoms with Gasteiger partial charge < -0.3 is 20.1 Å². The number of aromatic nitrogens is 1. The molecule has 1 saturated heterocycles. The molecule has 1 aromatic heterocycles. The minimum Gasteiger partial charge on any atom is -0.482 e. The molecule has 0 saturated carbocycles. The Morgan fingerprint density at radius 1 is 1.25 bits per heavy atom. The lowest BCUT2D eigenvalue weighted by Gasteiger charge is -2.20. The minimum absolute atomic E-state index is 0. The number of hydrogen-bond donors (Lipinski definition) is 2. The lowest BCUT2D eigenvalue weighted by atomic mass is 9.99. The third kappa shape index (κ3) is 5.76. The standard InChI is InChI=1S/C19H23N3O4S.BrH/c1-12-17(27-19(21-12)13-7-9-20-10-8-13)18(24)22-14-3-5-15(6-4-14)26-11-16(23)25-2;/h3-6,13,20H,7-11H2,1-2H3,(H,22,24);1H. The smallest absolute Gasteiger partial charge is 0.343 e. The molecule has 152 valence electrons. The van der Waals surface area contributed by atoms with Crippen molar-refractivity contribution < 1.29 is 19.1 Å². The molecule has 2 N–H and O–H groups in total. The van der Waals surface area contributed by atoms with E-state index in [2.05, 4.69) is 20.4 Å². The van der Waals surface area contributed by atoms with Gasteiger partial charge in [0.25, 0.3) is 5.91 Å². The number of methoxy groups -OCH3 is 1. The number of ether oxygens (including phenoxy) is 2. The van der Waals surface area contributed by atoms with E-state index in [9.17, 15) is 9.59 Å². The predicted octanol–water partition coefficient (Wildman–Crippen LogP) is 3.30. The predicted molar refractivity (Wildman–Crippen MR) is 114 cm³/mol. The number of piperidine rings is 1. The van der Waals surface area contributed by atoms with E-state index in [1.165, 1.54) is 18.4 Å². The monoisotopic (exact) mass is 469 g/mol. The van der Waals surface area contributed by atoms with Crippen LogP contribution in [0.3, 0.4) is 0 Å². The maximum Gasteiger partial charge on any atom is 0.343 e. The highest BCUT2D eigenvalue weighted by Gasteiger charge is 2.22. The first-order valence-electron chi connectivity index (χ1n) is 8.86. The molecule has 0 spiro atoms. The van der Waals surface area contributed by atoms with Crippen molar-refractivity contribution in [2.24, 2.45) is 0 Å². The molecule has 1 fully saturated rings. The van der Waals surface area contributed by atoms with Gasteiger partial charge in [0.05, 0.1) is 17.8 Å². The average Bonchev–Trinajstić information content (AvgIpc) is 3.09. The lowest BCUT2D eigenvalue weighted by molar-refractivity contribution is -0.142. The first kappa shape index (κ1) is 22.3. The molecule has 0 radical (unpaired) electrons. The quantitative estimate of drug-likeness (QED) is 0.630. The van der Waals surface area contributed by atoms with Crippen molar-refractivity contribution in [3.63, 3.8) is 0 Å². The summed E-state index contributed by atoms with van der Waals surface area (Å²) in [5.74, 6) is 0.356. The first-order chi connectivity index (χ1) is 13.1. The Balaban J connectivity index is 0.00000280. The third-order valence-electron chi connectivity index (χ3n) is 4.40. The molecule has 1 amide bonds. The average molecular weight is 470 g/mol. The van der Waals surface area contributed by atoms with Crippen LogP contribution in [-0.4, -0.2) is 43.7 Å². The van der Waals surface area contributed by atoms with Gasteiger partial charge in [0.1, 0.15) is 10.6 Å². The maximum atomic E-state index is 12.6. The first-order valence-corrected chi connectivity index (χ1v) is 9.67. The Kier molecular flexibility index (Phi) is 8.40. The molecule has 2 heterocycles. The van der Waals surface area contributed by atoms with Crippen LogP contribution in [0, 0.1) is 6.92 Å². The fraction of sp³-hybridized carbons (Fsp3) is 0.421. The second-order valence-electron chi connectivity index (χ2n) is 6.33. The number of amides is 1. The van der Waals surface area contributed by atoms with Gasteiger partial charge in [0, 0.05) is 11.6 Å². The van der Waals surface area contributed by atoms with E-state index in [0.717, 1.165) is 36.6 Å². The van der Waals surface area contributed by atoms with Gasteiger partial charge in [0.15, 0.2) is 6.61 Å². The highest BCUT2D eigenvalue weighted by molar-refractivity contribution is 8.93. The minimum atomic E-state index is -0.447.